The van der Waals surface area contributed by atoms with E-state index < -0.39 is 5.97 Å². The molecule has 0 aliphatic rings. The highest BCUT2D eigenvalue weighted by Gasteiger charge is 2.13. The average molecular weight is 232 g/mol. The molecule has 0 fully saturated rings. The first-order valence-corrected chi connectivity index (χ1v) is 5.02. The van der Waals surface area contributed by atoms with Crippen molar-refractivity contribution in [1.82, 2.24) is 9.78 Å². The van der Waals surface area contributed by atoms with E-state index in [2.05, 4.69) is 9.84 Å². The van der Waals surface area contributed by atoms with Crippen LogP contribution in [0.1, 0.15) is 10.4 Å². The fraction of sp³-hybridized carbons (Fsp3) is 0.167. The van der Waals surface area contributed by atoms with Crippen LogP contribution in [-0.4, -0.2) is 30.0 Å². The Hall–Kier alpha value is -2.30. The predicted molar refractivity (Wildman–Crippen MR) is 61.5 cm³/mol. The number of rotatable bonds is 3. The van der Waals surface area contributed by atoms with Gasteiger partial charge in [0.1, 0.15) is 11.3 Å². The molecule has 0 unspecified atom stereocenters. The monoisotopic (exact) mass is 232 g/mol. The van der Waals surface area contributed by atoms with E-state index in [-0.39, 0.29) is 0 Å². The third kappa shape index (κ3) is 2.13. The first-order valence-electron chi connectivity index (χ1n) is 5.02. The Bertz CT molecular complexity index is 521. The Balaban J connectivity index is 2.44. The summed E-state index contributed by atoms with van der Waals surface area (Å²) in [5.74, 6) is 0.0405. The van der Waals surface area contributed by atoms with Crippen LogP contribution in [0.5, 0.6) is 5.75 Å². The summed E-state index contributed by atoms with van der Waals surface area (Å²) in [5.41, 5.74) is 1.21. The Morgan fingerprint density at radius 2 is 2.18 bits per heavy atom. The van der Waals surface area contributed by atoms with Gasteiger partial charge < -0.3 is 9.47 Å². The van der Waals surface area contributed by atoms with E-state index in [0.717, 1.165) is 5.69 Å². The topological polar surface area (TPSA) is 53.4 Å². The summed E-state index contributed by atoms with van der Waals surface area (Å²) in [6, 6.07) is 6.99. The van der Waals surface area contributed by atoms with Crippen LogP contribution in [0.15, 0.2) is 36.7 Å². The van der Waals surface area contributed by atoms with E-state index >= 15 is 0 Å². The summed E-state index contributed by atoms with van der Waals surface area (Å²) < 4.78 is 11.5. The van der Waals surface area contributed by atoms with Gasteiger partial charge in [-0.2, -0.15) is 5.10 Å². The highest BCUT2D eigenvalue weighted by atomic mass is 16.5. The van der Waals surface area contributed by atoms with Gasteiger partial charge in [-0.1, -0.05) is 0 Å². The molecule has 0 spiro atoms. The molecule has 0 aliphatic carbocycles. The first kappa shape index (κ1) is 11.2. The molecule has 2 aromatic rings. The highest BCUT2D eigenvalue weighted by Crippen LogP contribution is 2.22. The number of hydrogen-bond acceptors (Lipinski definition) is 4. The largest absolute Gasteiger partial charge is 0.496 e. The second-order valence-corrected chi connectivity index (χ2v) is 3.33. The van der Waals surface area contributed by atoms with Gasteiger partial charge in [-0.15, -0.1) is 0 Å². The maximum Gasteiger partial charge on any atom is 0.341 e. The van der Waals surface area contributed by atoms with Crippen LogP contribution in [0.2, 0.25) is 0 Å². The van der Waals surface area contributed by atoms with Crippen LogP contribution >= 0.6 is 0 Å². The minimum Gasteiger partial charge on any atom is -0.496 e. The Kier molecular flexibility index (Phi) is 3.09. The van der Waals surface area contributed by atoms with E-state index in [1.807, 2.05) is 12.3 Å². The second-order valence-electron chi connectivity index (χ2n) is 3.33. The van der Waals surface area contributed by atoms with Crippen LogP contribution in [-0.2, 0) is 4.74 Å². The van der Waals surface area contributed by atoms with Crippen molar-refractivity contribution in [3.63, 3.8) is 0 Å². The van der Waals surface area contributed by atoms with Crippen molar-refractivity contribution >= 4 is 5.97 Å². The van der Waals surface area contributed by atoms with Crippen LogP contribution in [0.25, 0.3) is 5.69 Å². The molecule has 0 saturated carbocycles. The average Bonchev–Trinajstić information content (AvgIpc) is 2.91. The molecule has 5 heteroatoms. The van der Waals surface area contributed by atoms with Gasteiger partial charge in [-0.05, 0) is 18.2 Å². The zero-order valence-electron chi connectivity index (χ0n) is 9.58. The van der Waals surface area contributed by atoms with Crippen molar-refractivity contribution in [1.29, 1.82) is 0 Å². The Labute approximate surface area is 98.6 Å². The lowest BCUT2D eigenvalue weighted by molar-refractivity contribution is 0.0597. The van der Waals surface area contributed by atoms with Crippen molar-refractivity contribution in [3.05, 3.63) is 42.2 Å². The molecular weight excluding hydrogens is 220 g/mol. The molecule has 17 heavy (non-hydrogen) atoms. The molecule has 0 atom stereocenters. The Morgan fingerprint density at radius 3 is 2.76 bits per heavy atom. The van der Waals surface area contributed by atoms with E-state index in [0.29, 0.717) is 11.3 Å². The smallest absolute Gasteiger partial charge is 0.341 e. The van der Waals surface area contributed by atoms with E-state index in [4.69, 9.17) is 4.74 Å². The standard InChI is InChI=1S/C12H12N2O3/c1-16-11-8-9(14-7-3-6-13-14)4-5-10(11)12(15)17-2/h3-8H,1-2H3. The van der Waals surface area contributed by atoms with Gasteiger partial charge in [0.25, 0.3) is 0 Å². The quantitative estimate of drug-likeness (QED) is 0.755. The fourth-order valence-corrected chi connectivity index (χ4v) is 1.52. The lowest BCUT2D eigenvalue weighted by atomic mass is 10.2. The van der Waals surface area contributed by atoms with Crippen molar-refractivity contribution < 1.29 is 14.3 Å². The number of benzene rings is 1. The van der Waals surface area contributed by atoms with Crippen molar-refractivity contribution in [2.24, 2.45) is 0 Å². The van der Waals surface area contributed by atoms with Gasteiger partial charge in [0, 0.05) is 18.5 Å². The van der Waals surface area contributed by atoms with Crippen molar-refractivity contribution in [2.45, 2.75) is 0 Å². The van der Waals surface area contributed by atoms with Gasteiger partial charge >= 0.3 is 5.97 Å². The molecule has 5 nitrogen and oxygen atoms in total. The third-order valence-corrected chi connectivity index (χ3v) is 2.36. The van der Waals surface area contributed by atoms with E-state index in [1.54, 1.807) is 29.1 Å². The van der Waals surface area contributed by atoms with Crippen molar-refractivity contribution in [3.8, 4) is 11.4 Å². The minimum absolute atomic E-state index is 0.394. The molecule has 0 amide bonds. The molecule has 0 radical (unpaired) electrons. The Morgan fingerprint density at radius 1 is 1.35 bits per heavy atom. The lowest BCUT2D eigenvalue weighted by Gasteiger charge is -2.09. The molecule has 1 aromatic heterocycles. The number of aromatic nitrogens is 2. The second kappa shape index (κ2) is 4.69. The summed E-state index contributed by atoms with van der Waals surface area (Å²) >= 11 is 0. The number of ether oxygens (including phenoxy) is 2. The molecule has 2 rings (SSSR count). The molecule has 88 valence electrons. The zero-order valence-corrected chi connectivity index (χ0v) is 9.58. The van der Waals surface area contributed by atoms with Gasteiger partial charge in [0.05, 0.1) is 19.9 Å². The highest BCUT2D eigenvalue weighted by molar-refractivity contribution is 5.92. The van der Waals surface area contributed by atoms with Crippen molar-refractivity contribution in [2.75, 3.05) is 14.2 Å². The summed E-state index contributed by atoms with van der Waals surface area (Å²) in [6.45, 7) is 0. The summed E-state index contributed by atoms with van der Waals surface area (Å²) in [6.07, 6.45) is 3.49. The summed E-state index contributed by atoms with van der Waals surface area (Å²) in [5, 5.41) is 4.10. The van der Waals surface area contributed by atoms with Crippen LogP contribution in [0.4, 0.5) is 0 Å². The number of carbonyl (C=O) groups excluding carboxylic acids is 1. The number of nitrogens with zero attached hydrogens (tertiary/aromatic N) is 2. The molecule has 1 aromatic carbocycles. The molecular formula is C12H12N2O3. The molecule has 0 saturated heterocycles. The van der Waals surface area contributed by atoms with Crippen LogP contribution in [0.3, 0.4) is 0 Å². The maximum absolute atomic E-state index is 11.5. The van der Waals surface area contributed by atoms with Gasteiger partial charge in [-0.25, -0.2) is 9.48 Å². The number of hydrogen-bond donors (Lipinski definition) is 0. The van der Waals surface area contributed by atoms with Crippen LogP contribution < -0.4 is 4.74 Å². The normalized spacial score (nSPS) is 10.0. The zero-order chi connectivity index (χ0) is 12.3. The first-order chi connectivity index (χ1) is 8.26. The SMILES string of the molecule is COC(=O)c1ccc(-n2cccn2)cc1OC. The van der Waals surface area contributed by atoms with Gasteiger partial charge in [0.15, 0.2) is 0 Å². The van der Waals surface area contributed by atoms with Crippen LogP contribution in [0, 0.1) is 0 Å². The molecule has 0 bridgehead atoms. The molecule has 1 heterocycles. The third-order valence-electron chi connectivity index (χ3n) is 2.36. The number of methoxy groups -OCH3 is 2. The lowest BCUT2D eigenvalue weighted by Crippen LogP contribution is -2.05. The number of carbonyl (C=O) groups is 1. The summed E-state index contributed by atoms with van der Waals surface area (Å²) in [7, 11) is 2.85. The number of esters is 1. The predicted octanol–water partition coefficient (Wildman–Crippen LogP) is 1.67. The minimum atomic E-state index is -0.422. The van der Waals surface area contributed by atoms with Gasteiger partial charge in [-0.3, -0.25) is 0 Å². The molecule has 0 N–H and O–H groups in total. The van der Waals surface area contributed by atoms with E-state index in [9.17, 15) is 4.79 Å². The van der Waals surface area contributed by atoms with E-state index in [1.165, 1.54) is 14.2 Å². The molecule has 0 aliphatic heterocycles. The fourth-order valence-electron chi connectivity index (χ4n) is 1.52. The maximum atomic E-state index is 11.5. The van der Waals surface area contributed by atoms with Gasteiger partial charge in [0.2, 0.25) is 0 Å². The summed E-state index contributed by atoms with van der Waals surface area (Å²) in [4.78, 5) is 11.5.